The Morgan fingerprint density at radius 3 is 2.36 bits per heavy atom. The molecule has 192 valence electrons. The number of anilines is 1. The average Bonchev–Trinajstić information content (AvgIpc) is 3.23. The van der Waals surface area contributed by atoms with E-state index in [2.05, 4.69) is 28.9 Å². The molecule has 2 heterocycles. The summed E-state index contributed by atoms with van der Waals surface area (Å²) in [7, 11) is 3.25. The fraction of sp³-hybridized carbons (Fsp3) is 0.269. The van der Waals surface area contributed by atoms with Gasteiger partial charge in [-0.1, -0.05) is 26.7 Å². The normalized spacial score (nSPS) is 12.6. The van der Waals surface area contributed by atoms with Gasteiger partial charge in [-0.3, -0.25) is 4.57 Å². The average molecular weight is 503 g/mol. The van der Waals surface area contributed by atoms with Crippen LogP contribution in [-0.4, -0.2) is 35.2 Å². The molecule has 1 aliphatic rings. The SMILES string of the molecule is CCCC.COc1ccc(C2=Cc3nccn3C(N(C)c3ccc(OC(F)(F)F)cc3)=CN2)cc1O. The smallest absolute Gasteiger partial charge is 0.504 e. The van der Waals surface area contributed by atoms with Gasteiger partial charge in [-0.15, -0.1) is 13.2 Å². The summed E-state index contributed by atoms with van der Waals surface area (Å²) in [5, 5.41) is 13.3. The fourth-order valence-corrected chi connectivity index (χ4v) is 3.28. The number of phenols is 1. The Morgan fingerprint density at radius 2 is 1.78 bits per heavy atom. The summed E-state index contributed by atoms with van der Waals surface area (Å²) in [6, 6.07) is 10.6. The molecule has 2 N–H and O–H groups in total. The Labute approximate surface area is 208 Å². The van der Waals surface area contributed by atoms with E-state index in [0.717, 1.165) is 0 Å². The van der Waals surface area contributed by atoms with E-state index in [1.807, 2.05) is 10.6 Å². The van der Waals surface area contributed by atoms with E-state index in [0.29, 0.717) is 34.3 Å². The highest BCUT2D eigenvalue weighted by Gasteiger charge is 2.31. The van der Waals surface area contributed by atoms with Crippen molar-refractivity contribution >= 4 is 23.3 Å². The lowest BCUT2D eigenvalue weighted by atomic mass is 10.1. The molecular formula is C26H29F3N4O3. The van der Waals surface area contributed by atoms with Crippen molar-refractivity contribution in [3.8, 4) is 17.2 Å². The second-order valence-electron chi connectivity index (χ2n) is 7.85. The van der Waals surface area contributed by atoms with Crippen LogP contribution in [0.15, 0.2) is 61.1 Å². The molecule has 0 atom stereocenters. The Balaban J connectivity index is 0.000000840. The molecule has 0 spiro atoms. The van der Waals surface area contributed by atoms with Crippen molar-refractivity contribution in [2.75, 3.05) is 19.1 Å². The van der Waals surface area contributed by atoms with Crippen molar-refractivity contribution in [3.63, 3.8) is 0 Å². The number of benzene rings is 2. The predicted octanol–water partition coefficient (Wildman–Crippen LogP) is 6.30. The second-order valence-corrected chi connectivity index (χ2v) is 7.85. The maximum atomic E-state index is 12.4. The molecule has 1 aromatic heterocycles. The van der Waals surface area contributed by atoms with Gasteiger partial charge in [0.25, 0.3) is 0 Å². The number of halogens is 3. The van der Waals surface area contributed by atoms with Gasteiger partial charge < -0.3 is 24.8 Å². The molecule has 1 aliphatic heterocycles. The van der Waals surface area contributed by atoms with Crippen LogP contribution in [0.5, 0.6) is 17.2 Å². The van der Waals surface area contributed by atoms with Crippen molar-refractivity contribution in [3.05, 3.63) is 72.4 Å². The maximum absolute atomic E-state index is 12.4. The van der Waals surface area contributed by atoms with Gasteiger partial charge in [-0.25, -0.2) is 4.98 Å². The van der Waals surface area contributed by atoms with Crippen molar-refractivity contribution in [1.82, 2.24) is 14.9 Å². The molecule has 2 aromatic carbocycles. The lowest BCUT2D eigenvalue weighted by Crippen LogP contribution is -2.21. The van der Waals surface area contributed by atoms with Crippen LogP contribution in [0.2, 0.25) is 0 Å². The van der Waals surface area contributed by atoms with Crippen LogP contribution < -0.4 is 19.7 Å². The van der Waals surface area contributed by atoms with Gasteiger partial charge in [0.1, 0.15) is 17.4 Å². The third kappa shape index (κ3) is 6.53. The topological polar surface area (TPSA) is 71.8 Å². The summed E-state index contributed by atoms with van der Waals surface area (Å²) in [6.45, 7) is 4.36. The number of imidazole rings is 1. The van der Waals surface area contributed by atoms with Crippen LogP contribution in [0.3, 0.4) is 0 Å². The summed E-state index contributed by atoms with van der Waals surface area (Å²) < 4.78 is 48.1. The molecule has 0 amide bonds. The molecule has 0 unspecified atom stereocenters. The molecule has 0 radical (unpaired) electrons. The molecule has 0 fully saturated rings. The van der Waals surface area contributed by atoms with Crippen molar-refractivity contribution in [2.24, 2.45) is 0 Å². The van der Waals surface area contributed by atoms with Gasteiger partial charge in [0.05, 0.1) is 7.11 Å². The van der Waals surface area contributed by atoms with Crippen LogP contribution in [0.4, 0.5) is 18.9 Å². The zero-order chi connectivity index (χ0) is 26.3. The quantitative estimate of drug-likeness (QED) is 0.413. The van der Waals surface area contributed by atoms with E-state index in [1.165, 1.54) is 44.2 Å². The zero-order valence-corrected chi connectivity index (χ0v) is 20.5. The Bertz CT molecular complexity index is 1220. The Morgan fingerprint density at radius 1 is 1.08 bits per heavy atom. The molecular weight excluding hydrogens is 473 g/mol. The minimum Gasteiger partial charge on any atom is -0.504 e. The number of methoxy groups -OCH3 is 1. The third-order valence-electron chi connectivity index (χ3n) is 5.34. The van der Waals surface area contributed by atoms with E-state index in [4.69, 9.17) is 4.74 Å². The van der Waals surface area contributed by atoms with Gasteiger partial charge in [0, 0.05) is 48.7 Å². The van der Waals surface area contributed by atoms with E-state index in [9.17, 15) is 18.3 Å². The molecule has 0 bridgehead atoms. The summed E-state index contributed by atoms with van der Waals surface area (Å²) in [6.07, 6.45) is 4.86. The number of nitrogens with zero attached hydrogens (tertiary/aromatic N) is 3. The van der Waals surface area contributed by atoms with Crippen LogP contribution in [0, 0.1) is 0 Å². The fourth-order valence-electron chi connectivity index (χ4n) is 3.28. The molecule has 36 heavy (non-hydrogen) atoms. The van der Waals surface area contributed by atoms with Crippen LogP contribution >= 0.6 is 0 Å². The first-order chi connectivity index (χ1) is 17.2. The van der Waals surface area contributed by atoms with E-state index >= 15 is 0 Å². The van der Waals surface area contributed by atoms with Gasteiger partial charge in [-0.2, -0.15) is 0 Å². The van der Waals surface area contributed by atoms with Gasteiger partial charge in [-0.05, 0) is 42.5 Å². The highest BCUT2D eigenvalue weighted by molar-refractivity contribution is 5.84. The first kappa shape index (κ1) is 26.5. The number of aromatic hydroxyl groups is 1. The second kappa shape index (κ2) is 11.6. The Kier molecular flexibility index (Phi) is 8.52. The first-order valence-corrected chi connectivity index (χ1v) is 11.4. The molecule has 10 heteroatoms. The van der Waals surface area contributed by atoms with Gasteiger partial charge in [0.2, 0.25) is 0 Å². The number of hydrogen-bond donors (Lipinski definition) is 2. The van der Waals surface area contributed by atoms with Gasteiger partial charge >= 0.3 is 6.36 Å². The number of aromatic nitrogens is 2. The Hall–Kier alpha value is -4.08. The number of nitrogens with one attached hydrogen (secondary N) is 1. The first-order valence-electron chi connectivity index (χ1n) is 11.4. The minimum absolute atomic E-state index is 0.00257. The summed E-state index contributed by atoms with van der Waals surface area (Å²) in [4.78, 5) is 6.17. The van der Waals surface area contributed by atoms with Crippen molar-refractivity contribution < 1.29 is 27.8 Å². The number of hydrogen-bond acceptors (Lipinski definition) is 6. The summed E-state index contributed by atoms with van der Waals surface area (Å²) in [5.41, 5.74) is 2.04. The number of fused-ring (bicyclic) bond motifs is 1. The number of phenolic OH excluding ortho intramolecular Hbond substituents is 1. The summed E-state index contributed by atoms with van der Waals surface area (Å²) in [5.74, 6) is 1.36. The number of ether oxygens (including phenoxy) is 2. The molecule has 4 rings (SSSR count). The third-order valence-corrected chi connectivity index (χ3v) is 5.34. The summed E-state index contributed by atoms with van der Waals surface area (Å²) >= 11 is 0. The highest BCUT2D eigenvalue weighted by Crippen LogP contribution is 2.32. The van der Waals surface area contributed by atoms with Gasteiger partial charge in [0.15, 0.2) is 11.5 Å². The highest BCUT2D eigenvalue weighted by atomic mass is 19.4. The lowest BCUT2D eigenvalue weighted by molar-refractivity contribution is -0.274. The molecule has 0 saturated carbocycles. The maximum Gasteiger partial charge on any atom is 0.573 e. The molecule has 7 nitrogen and oxygen atoms in total. The minimum atomic E-state index is -4.75. The molecule has 0 aliphatic carbocycles. The molecule has 3 aromatic rings. The van der Waals surface area contributed by atoms with Crippen molar-refractivity contribution in [1.29, 1.82) is 0 Å². The number of unbranched alkanes of at least 4 members (excludes halogenated alkanes) is 1. The monoisotopic (exact) mass is 502 g/mol. The van der Waals surface area contributed by atoms with Crippen LogP contribution in [0.1, 0.15) is 38.1 Å². The van der Waals surface area contributed by atoms with E-state index < -0.39 is 6.36 Å². The van der Waals surface area contributed by atoms with Crippen LogP contribution in [-0.2, 0) is 0 Å². The molecule has 0 saturated heterocycles. The van der Waals surface area contributed by atoms with Crippen molar-refractivity contribution in [2.45, 2.75) is 33.1 Å². The van der Waals surface area contributed by atoms with Crippen LogP contribution in [0.25, 0.3) is 17.6 Å². The number of alkyl halides is 3. The zero-order valence-electron chi connectivity index (χ0n) is 20.5. The standard InChI is InChI=1S/C22H19F3N4O3.C4H10/c1-28(15-4-6-16(7-5-15)32-22(23,24)25)21-13-27-17(12-20-26-9-10-29(20)21)14-3-8-19(31-2)18(30)11-14;1-3-4-2/h3-13,27,30H,1-2H3;3-4H2,1-2H3. The largest absolute Gasteiger partial charge is 0.573 e. The van der Waals surface area contributed by atoms with E-state index in [-0.39, 0.29) is 11.5 Å². The van der Waals surface area contributed by atoms with E-state index in [1.54, 1.807) is 48.7 Å². The number of rotatable bonds is 6. The predicted molar refractivity (Wildman–Crippen MR) is 134 cm³/mol. The lowest BCUT2D eigenvalue weighted by Gasteiger charge is -2.24.